The van der Waals surface area contributed by atoms with Crippen LogP contribution >= 0.6 is 0 Å². The number of nitrogens with two attached hydrogens (primary N) is 1. The van der Waals surface area contributed by atoms with E-state index in [-0.39, 0.29) is 5.91 Å². The van der Waals surface area contributed by atoms with Crippen molar-refractivity contribution in [1.29, 1.82) is 0 Å². The number of ether oxygens (including phenoxy) is 1. The number of para-hydroxylation sites is 2. The molecule has 1 atom stereocenters. The van der Waals surface area contributed by atoms with E-state index in [1.807, 2.05) is 29.2 Å². The molecule has 0 aromatic heterocycles. The molecule has 1 amide bonds. The van der Waals surface area contributed by atoms with Crippen LogP contribution in [-0.4, -0.2) is 50.1 Å². The van der Waals surface area contributed by atoms with Gasteiger partial charge in [-0.3, -0.25) is 4.79 Å². The van der Waals surface area contributed by atoms with Gasteiger partial charge in [0.25, 0.3) is 0 Å². The topological polar surface area (TPSA) is 58.8 Å². The number of nitrogens with zero attached hydrogens (tertiary/aromatic N) is 2. The van der Waals surface area contributed by atoms with Crippen molar-refractivity contribution in [1.82, 2.24) is 4.90 Å². The van der Waals surface area contributed by atoms with Crippen LogP contribution in [0.25, 0.3) is 0 Å². The van der Waals surface area contributed by atoms with Crippen LogP contribution in [0.2, 0.25) is 0 Å². The molecule has 1 unspecified atom stereocenters. The van der Waals surface area contributed by atoms with E-state index in [4.69, 9.17) is 10.5 Å². The molecule has 1 aromatic carbocycles. The van der Waals surface area contributed by atoms with E-state index in [0.29, 0.717) is 19.5 Å². The monoisotopic (exact) mass is 289 g/mol. The van der Waals surface area contributed by atoms with Gasteiger partial charge in [-0.1, -0.05) is 18.2 Å². The zero-order valence-electron chi connectivity index (χ0n) is 12.5. The maximum Gasteiger partial charge on any atom is 0.239 e. The molecule has 1 aliphatic heterocycles. The number of rotatable bonds is 5. The number of carbonyl (C=O) groups is 1. The molecule has 0 radical (unpaired) electrons. The lowest BCUT2D eigenvalue weighted by Crippen LogP contribution is -2.53. The van der Waals surface area contributed by atoms with Crippen LogP contribution in [0.1, 0.15) is 6.42 Å². The van der Waals surface area contributed by atoms with Crippen molar-refractivity contribution in [3.8, 4) is 5.75 Å². The second-order valence-electron chi connectivity index (χ2n) is 5.12. The lowest BCUT2D eigenvalue weighted by Gasteiger charge is -2.37. The Kier molecular flexibility index (Phi) is 5.22. The van der Waals surface area contributed by atoms with E-state index in [1.165, 1.54) is 0 Å². The van der Waals surface area contributed by atoms with E-state index in [9.17, 15) is 4.79 Å². The molecular weight excluding hydrogens is 266 g/mol. The predicted octanol–water partition coefficient (Wildman–Crippen LogP) is 1.25. The van der Waals surface area contributed by atoms with Crippen molar-refractivity contribution in [2.45, 2.75) is 12.5 Å². The zero-order chi connectivity index (χ0) is 15.2. The van der Waals surface area contributed by atoms with E-state index >= 15 is 0 Å². The number of carbonyl (C=O) groups excluding carboxylic acids is 1. The van der Waals surface area contributed by atoms with Crippen molar-refractivity contribution in [2.75, 3.05) is 38.2 Å². The number of hydrogen-bond acceptors (Lipinski definition) is 4. The molecule has 1 heterocycles. The molecule has 5 heteroatoms. The minimum Gasteiger partial charge on any atom is -0.495 e. The number of hydrogen-bond donors (Lipinski definition) is 1. The molecule has 1 aromatic rings. The van der Waals surface area contributed by atoms with Gasteiger partial charge in [-0.25, -0.2) is 0 Å². The van der Waals surface area contributed by atoms with Gasteiger partial charge in [-0.2, -0.15) is 0 Å². The second kappa shape index (κ2) is 7.13. The van der Waals surface area contributed by atoms with Crippen LogP contribution in [0.15, 0.2) is 36.9 Å². The Labute approximate surface area is 126 Å². The molecule has 1 saturated heterocycles. The summed E-state index contributed by atoms with van der Waals surface area (Å²) in [7, 11) is 1.67. The highest BCUT2D eigenvalue weighted by Gasteiger charge is 2.25. The molecule has 0 aliphatic carbocycles. The summed E-state index contributed by atoms with van der Waals surface area (Å²) in [6.45, 7) is 6.56. The molecule has 2 N–H and O–H groups in total. The minimum absolute atomic E-state index is 0.00887. The first-order valence-corrected chi connectivity index (χ1v) is 7.20. The third-order valence-corrected chi connectivity index (χ3v) is 3.75. The van der Waals surface area contributed by atoms with Gasteiger partial charge in [0.1, 0.15) is 5.75 Å². The van der Waals surface area contributed by atoms with E-state index < -0.39 is 6.04 Å². The first kappa shape index (κ1) is 15.4. The number of piperazine rings is 1. The summed E-state index contributed by atoms with van der Waals surface area (Å²) in [5.41, 5.74) is 6.93. The standard InChI is InChI=1S/C16H23N3O2/c1-3-6-13(17)16(20)19-11-9-18(10-12-19)14-7-4-5-8-15(14)21-2/h3-5,7-8,13H,1,6,9-12,17H2,2H3. The first-order chi connectivity index (χ1) is 10.2. The predicted molar refractivity (Wildman–Crippen MR) is 84.6 cm³/mol. The highest BCUT2D eigenvalue weighted by atomic mass is 16.5. The van der Waals surface area contributed by atoms with Gasteiger partial charge in [0.05, 0.1) is 18.8 Å². The van der Waals surface area contributed by atoms with Crippen molar-refractivity contribution >= 4 is 11.6 Å². The van der Waals surface area contributed by atoms with E-state index in [2.05, 4.69) is 11.5 Å². The Balaban J connectivity index is 1.97. The summed E-state index contributed by atoms with van der Waals surface area (Å²) in [4.78, 5) is 16.2. The van der Waals surface area contributed by atoms with Gasteiger partial charge >= 0.3 is 0 Å². The Morgan fingerprint density at radius 1 is 1.38 bits per heavy atom. The zero-order valence-corrected chi connectivity index (χ0v) is 12.5. The normalized spacial score (nSPS) is 16.5. The van der Waals surface area contributed by atoms with Crippen molar-refractivity contribution < 1.29 is 9.53 Å². The Morgan fingerprint density at radius 3 is 2.67 bits per heavy atom. The maximum atomic E-state index is 12.2. The van der Waals surface area contributed by atoms with Crippen LogP contribution < -0.4 is 15.4 Å². The third kappa shape index (κ3) is 3.55. The van der Waals surface area contributed by atoms with Gasteiger partial charge in [0.15, 0.2) is 0 Å². The summed E-state index contributed by atoms with van der Waals surface area (Å²) in [6, 6.07) is 7.47. The van der Waals surface area contributed by atoms with Crippen molar-refractivity contribution in [2.24, 2.45) is 5.73 Å². The summed E-state index contributed by atoms with van der Waals surface area (Å²) < 4.78 is 5.39. The first-order valence-electron chi connectivity index (χ1n) is 7.20. The van der Waals surface area contributed by atoms with Gasteiger partial charge in [0, 0.05) is 26.2 Å². The summed E-state index contributed by atoms with van der Waals surface area (Å²) in [5, 5.41) is 0. The van der Waals surface area contributed by atoms with Gasteiger partial charge in [0.2, 0.25) is 5.91 Å². The van der Waals surface area contributed by atoms with Crippen LogP contribution in [0.3, 0.4) is 0 Å². The molecule has 1 fully saturated rings. The molecule has 21 heavy (non-hydrogen) atoms. The molecule has 0 bridgehead atoms. The summed E-state index contributed by atoms with van der Waals surface area (Å²) in [6.07, 6.45) is 2.21. The van der Waals surface area contributed by atoms with Crippen LogP contribution in [0.5, 0.6) is 5.75 Å². The third-order valence-electron chi connectivity index (χ3n) is 3.75. The smallest absolute Gasteiger partial charge is 0.239 e. The van der Waals surface area contributed by atoms with Crippen LogP contribution in [0.4, 0.5) is 5.69 Å². The average Bonchev–Trinajstić information content (AvgIpc) is 2.54. The molecule has 0 saturated carbocycles. The lowest BCUT2D eigenvalue weighted by atomic mass is 10.1. The Bertz CT molecular complexity index is 496. The molecule has 114 valence electrons. The average molecular weight is 289 g/mol. The lowest BCUT2D eigenvalue weighted by molar-refractivity contribution is -0.132. The van der Waals surface area contributed by atoms with E-state index in [0.717, 1.165) is 24.5 Å². The van der Waals surface area contributed by atoms with Crippen molar-refractivity contribution in [3.63, 3.8) is 0 Å². The molecule has 5 nitrogen and oxygen atoms in total. The number of anilines is 1. The highest BCUT2D eigenvalue weighted by Crippen LogP contribution is 2.28. The minimum atomic E-state index is -0.472. The van der Waals surface area contributed by atoms with E-state index in [1.54, 1.807) is 13.2 Å². The van der Waals surface area contributed by atoms with Crippen molar-refractivity contribution in [3.05, 3.63) is 36.9 Å². The fourth-order valence-electron chi connectivity index (χ4n) is 2.57. The quantitative estimate of drug-likeness (QED) is 0.829. The van der Waals surface area contributed by atoms with Crippen LogP contribution in [-0.2, 0) is 4.79 Å². The summed E-state index contributed by atoms with van der Waals surface area (Å²) >= 11 is 0. The van der Waals surface area contributed by atoms with Gasteiger partial charge in [-0.05, 0) is 18.6 Å². The highest BCUT2D eigenvalue weighted by molar-refractivity contribution is 5.82. The summed E-state index contributed by atoms with van der Waals surface area (Å²) in [5.74, 6) is 0.871. The molecule has 2 rings (SSSR count). The second-order valence-corrected chi connectivity index (χ2v) is 5.12. The molecule has 0 spiro atoms. The SMILES string of the molecule is C=CCC(N)C(=O)N1CCN(c2ccccc2OC)CC1. The largest absolute Gasteiger partial charge is 0.495 e. The molecule has 1 aliphatic rings. The van der Waals surface area contributed by atoms with Gasteiger partial charge < -0.3 is 20.3 Å². The van der Waals surface area contributed by atoms with Crippen LogP contribution in [0, 0.1) is 0 Å². The maximum absolute atomic E-state index is 12.2. The number of methoxy groups -OCH3 is 1. The fourth-order valence-corrected chi connectivity index (χ4v) is 2.57. The van der Waals surface area contributed by atoms with Gasteiger partial charge in [-0.15, -0.1) is 6.58 Å². The molecular formula is C16H23N3O2. The number of benzene rings is 1. The Morgan fingerprint density at radius 2 is 2.05 bits per heavy atom. The Hall–Kier alpha value is -2.01. The fraction of sp³-hybridized carbons (Fsp3) is 0.438. The number of amides is 1.